The van der Waals surface area contributed by atoms with Crippen molar-refractivity contribution in [2.75, 3.05) is 13.6 Å². The topological polar surface area (TPSA) is 42.2 Å². The average Bonchev–Trinajstić information content (AvgIpc) is 3.01. The van der Waals surface area contributed by atoms with Gasteiger partial charge in [-0.3, -0.25) is 0 Å². The Hall–Kier alpha value is -1.23. The smallest absolute Gasteiger partial charge is 0.123 e. The summed E-state index contributed by atoms with van der Waals surface area (Å²) >= 11 is 1.68. The third-order valence-electron chi connectivity index (χ3n) is 4.06. The highest BCUT2D eigenvalue weighted by Crippen LogP contribution is 2.25. The Balaban J connectivity index is 1.82. The first-order valence-corrected chi connectivity index (χ1v) is 8.86. The Kier molecular flexibility index (Phi) is 6.55. The molecule has 120 valence electrons. The molecule has 0 bridgehead atoms. The highest BCUT2D eigenvalue weighted by molar-refractivity contribution is 7.15. The fourth-order valence-corrected chi connectivity index (χ4v) is 3.09. The first kappa shape index (κ1) is 17.1. The summed E-state index contributed by atoms with van der Waals surface area (Å²) in [5, 5.41) is 1.06. The molecule has 0 atom stereocenters. The van der Waals surface area contributed by atoms with Crippen molar-refractivity contribution in [2.45, 2.75) is 45.7 Å². The van der Waals surface area contributed by atoms with E-state index in [0.717, 1.165) is 16.3 Å². The number of aryl methyl sites for hydroxylation is 1. The summed E-state index contributed by atoms with van der Waals surface area (Å²) in [5.74, 6) is 0. The molecule has 0 spiro atoms. The van der Waals surface area contributed by atoms with E-state index >= 15 is 0 Å². The van der Waals surface area contributed by atoms with Gasteiger partial charge in [0.15, 0.2) is 0 Å². The predicted octanol–water partition coefficient (Wildman–Crippen LogP) is 3.93. The van der Waals surface area contributed by atoms with E-state index in [1.54, 1.807) is 11.3 Å². The van der Waals surface area contributed by atoms with Crippen molar-refractivity contribution >= 4 is 11.3 Å². The molecule has 22 heavy (non-hydrogen) atoms. The van der Waals surface area contributed by atoms with Crippen LogP contribution in [0.15, 0.2) is 30.5 Å². The van der Waals surface area contributed by atoms with Crippen LogP contribution in [0.25, 0.3) is 10.6 Å². The number of thiazole rings is 1. The summed E-state index contributed by atoms with van der Waals surface area (Å²) < 4.78 is 0. The maximum Gasteiger partial charge on any atom is 0.123 e. The molecular formula is C18H27N3S. The van der Waals surface area contributed by atoms with Crippen LogP contribution in [0.5, 0.6) is 0 Å². The van der Waals surface area contributed by atoms with E-state index in [9.17, 15) is 0 Å². The second-order valence-corrected chi connectivity index (χ2v) is 7.18. The van der Waals surface area contributed by atoms with E-state index in [1.165, 1.54) is 30.5 Å². The lowest BCUT2D eigenvalue weighted by molar-refractivity contribution is 0.268. The highest BCUT2D eigenvalue weighted by atomic mass is 32.1. The Morgan fingerprint density at radius 2 is 1.91 bits per heavy atom. The van der Waals surface area contributed by atoms with Crippen molar-refractivity contribution in [3.05, 3.63) is 40.9 Å². The van der Waals surface area contributed by atoms with Gasteiger partial charge in [0.1, 0.15) is 5.01 Å². The van der Waals surface area contributed by atoms with Gasteiger partial charge in [0, 0.05) is 29.2 Å². The fourth-order valence-electron chi connectivity index (χ4n) is 2.30. The summed E-state index contributed by atoms with van der Waals surface area (Å²) in [6, 6.07) is 9.44. The molecule has 0 saturated carbocycles. The lowest BCUT2D eigenvalue weighted by atomic mass is 10.1. The molecule has 2 aromatic rings. The Bertz CT molecular complexity index is 560. The SMILES string of the molecule is CC(C)N(C)CCCCc1ccc(-c2ncc(CN)s2)cc1. The summed E-state index contributed by atoms with van der Waals surface area (Å²) in [7, 11) is 2.20. The molecule has 4 heteroatoms. The molecule has 1 aromatic carbocycles. The number of rotatable bonds is 8. The van der Waals surface area contributed by atoms with Crippen LogP contribution in [-0.2, 0) is 13.0 Å². The average molecular weight is 318 g/mol. The fraction of sp³-hybridized carbons (Fsp3) is 0.500. The van der Waals surface area contributed by atoms with E-state index in [4.69, 9.17) is 5.73 Å². The number of nitrogens with two attached hydrogens (primary N) is 1. The zero-order chi connectivity index (χ0) is 15.9. The maximum atomic E-state index is 5.64. The third-order valence-corrected chi connectivity index (χ3v) is 5.13. The lowest BCUT2D eigenvalue weighted by Crippen LogP contribution is -2.27. The van der Waals surface area contributed by atoms with Crippen molar-refractivity contribution in [1.29, 1.82) is 0 Å². The molecule has 3 nitrogen and oxygen atoms in total. The van der Waals surface area contributed by atoms with E-state index in [-0.39, 0.29) is 0 Å². The van der Waals surface area contributed by atoms with Gasteiger partial charge in [0.05, 0.1) is 0 Å². The molecular weight excluding hydrogens is 290 g/mol. The van der Waals surface area contributed by atoms with Crippen LogP contribution in [0.4, 0.5) is 0 Å². The van der Waals surface area contributed by atoms with Gasteiger partial charge in [-0.1, -0.05) is 24.3 Å². The molecule has 0 radical (unpaired) electrons. The van der Waals surface area contributed by atoms with Gasteiger partial charge in [-0.05, 0) is 52.3 Å². The van der Waals surface area contributed by atoms with Crippen LogP contribution in [0.2, 0.25) is 0 Å². The van der Waals surface area contributed by atoms with Crippen molar-refractivity contribution in [2.24, 2.45) is 5.73 Å². The minimum atomic E-state index is 0.570. The van der Waals surface area contributed by atoms with Crippen molar-refractivity contribution in [1.82, 2.24) is 9.88 Å². The molecule has 0 fully saturated rings. The number of hydrogen-bond acceptors (Lipinski definition) is 4. The Morgan fingerprint density at radius 1 is 1.18 bits per heavy atom. The minimum absolute atomic E-state index is 0.570. The van der Waals surface area contributed by atoms with E-state index in [0.29, 0.717) is 12.6 Å². The van der Waals surface area contributed by atoms with Crippen LogP contribution < -0.4 is 5.73 Å². The van der Waals surface area contributed by atoms with Crippen molar-refractivity contribution in [3.8, 4) is 10.6 Å². The normalized spacial score (nSPS) is 11.5. The summed E-state index contributed by atoms with van der Waals surface area (Å²) in [4.78, 5) is 7.97. The predicted molar refractivity (Wildman–Crippen MR) is 96.1 cm³/mol. The largest absolute Gasteiger partial charge is 0.326 e. The van der Waals surface area contributed by atoms with Crippen LogP contribution in [-0.4, -0.2) is 29.5 Å². The third kappa shape index (κ3) is 4.90. The monoisotopic (exact) mass is 317 g/mol. The Morgan fingerprint density at radius 3 is 2.50 bits per heavy atom. The van der Waals surface area contributed by atoms with E-state index in [1.807, 2.05) is 6.20 Å². The van der Waals surface area contributed by atoms with E-state index < -0.39 is 0 Å². The number of unbranched alkanes of at least 4 members (excludes halogenated alkanes) is 1. The van der Waals surface area contributed by atoms with Gasteiger partial charge in [-0.15, -0.1) is 11.3 Å². The van der Waals surface area contributed by atoms with Crippen molar-refractivity contribution < 1.29 is 0 Å². The lowest BCUT2D eigenvalue weighted by Gasteiger charge is -2.20. The second kappa shape index (κ2) is 8.42. The van der Waals surface area contributed by atoms with Gasteiger partial charge in [-0.2, -0.15) is 0 Å². The van der Waals surface area contributed by atoms with Gasteiger partial charge in [0.2, 0.25) is 0 Å². The minimum Gasteiger partial charge on any atom is -0.326 e. The number of hydrogen-bond donors (Lipinski definition) is 1. The quantitative estimate of drug-likeness (QED) is 0.750. The standard InChI is InChI=1S/C18H27N3S/c1-14(2)21(3)11-5-4-6-15-7-9-16(10-8-15)18-20-13-17(12-19)22-18/h7-10,13-14H,4-6,11-12,19H2,1-3H3. The molecule has 0 aliphatic rings. The summed E-state index contributed by atoms with van der Waals surface area (Å²) in [5.41, 5.74) is 8.24. The first-order chi connectivity index (χ1) is 10.6. The van der Waals surface area contributed by atoms with Crippen molar-refractivity contribution in [3.63, 3.8) is 0 Å². The first-order valence-electron chi connectivity index (χ1n) is 8.04. The number of benzene rings is 1. The van der Waals surface area contributed by atoms with Crippen LogP contribution in [0.1, 0.15) is 37.1 Å². The molecule has 0 saturated heterocycles. The zero-order valence-corrected chi connectivity index (χ0v) is 14.7. The Labute approximate surface area is 138 Å². The number of nitrogens with zero attached hydrogens (tertiary/aromatic N) is 2. The second-order valence-electron chi connectivity index (χ2n) is 6.06. The molecule has 2 N–H and O–H groups in total. The van der Waals surface area contributed by atoms with Crippen LogP contribution in [0, 0.1) is 0 Å². The molecule has 0 unspecified atom stereocenters. The summed E-state index contributed by atoms with van der Waals surface area (Å²) in [6.45, 7) is 6.23. The number of aromatic nitrogens is 1. The molecule has 2 rings (SSSR count). The molecule has 0 amide bonds. The zero-order valence-electron chi connectivity index (χ0n) is 13.9. The van der Waals surface area contributed by atoms with Gasteiger partial charge in [0.25, 0.3) is 0 Å². The molecule has 1 aromatic heterocycles. The van der Waals surface area contributed by atoms with Gasteiger partial charge in [-0.25, -0.2) is 4.98 Å². The van der Waals surface area contributed by atoms with E-state index in [2.05, 4.69) is 55.0 Å². The molecule has 0 aliphatic heterocycles. The molecule has 0 aliphatic carbocycles. The summed E-state index contributed by atoms with van der Waals surface area (Å²) in [6.07, 6.45) is 5.52. The maximum absolute atomic E-state index is 5.64. The van der Waals surface area contributed by atoms with Gasteiger partial charge < -0.3 is 10.6 Å². The molecule has 1 heterocycles. The van der Waals surface area contributed by atoms with Gasteiger partial charge >= 0.3 is 0 Å². The van der Waals surface area contributed by atoms with Crippen LogP contribution in [0.3, 0.4) is 0 Å². The van der Waals surface area contributed by atoms with Crippen LogP contribution >= 0.6 is 11.3 Å². The highest BCUT2D eigenvalue weighted by Gasteiger charge is 2.05.